The number of nitrogens with zero attached hydrogens (tertiary/aromatic N) is 2. The van der Waals surface area contributed by atoms with Crippen molar-refractivity contribution in [2.45, 2.75) is 40.2 Å². The van der Waals surface area contributed by atoms with E-state index in [2.05, 4.69) is 15.3 Å². The van der Waals surface area contributed by atoms with E-state index in [1.165, 1.54) is 18.4 Å². The smallest absolute Gasteiger partial charge is 0.348 e. The van der Waals surface area contributed by atoms with Crippen LogP contribution in [-0.2, 0) is 9.53 Å². The summed E-state index contributed by atoms with van der Waals surface area (Å²) in [6.45, 7) is 7.33. The fourth-order valence-electron chi connectivity index (χ4n) is 2.47. The predicted molar refractivity (Wildman–Crippen MR) is 92.7 cm³/mol. The first-order valence-corrected chi connectivity index (χ1v) is 8.47. The van der Waals surface area contributed by atoms with Gasteiger partial charge in [-0.05, 0) is 25.3 Å². The zero-order valence-electron chi connectivity index (χ0n) is 14.3. The second-order valence-corrected chi connectivity index (χ2v) is 6.69. The molecule has 0 amide bonds. The van der Waals surface area contributed by atoms with E-state index in [0.29, 0.717) is 38.7 Å². The number of methoxy groups -OCH3 is 1. The molecule has 2 aromatic heterocycles. The van der Waals surface area contributed by atoms with Crippen molar-refractivity contribution in [1.82, 2.24) is 9.97 Å². The number of aromatic nitrogens is 2. The van der Waals surface area contributed by atoms with E-state index < -0.39 is 18.0 Å². The molecule has 0 aliphatic rings. The van der Waals surface area contributed by atoms with Crippen LogP contribution in [0.25, 0.3) is 10.2 Å². The maximum absolute atomic E-state index is 11.9. The number of carboxylic acid groups (broad SMARTS) is 1. The van der Waals surface area contributed by atoms with Crippen LogP contribution in [0, 0.1) is 19.8 Å². The van der Waals surface area contributed by atoms with Crippen molar-refractivity contribution < 1.29 is 19.4 Å². The second-order valence-electron chi connectivity index (χ2n) is 5.69. The standard InChI is InChI=1S/C16H21N3O4S/c1-6-7(2)11(15(20)21)19-13-10-8(3)12(16(22)23-5)24-14(10)18-9(4)17-13/h7,11H,6H2,1-5H3,(H,20,21)(H,17,18,19)/t7-,11-/m0/s1. The molecular formula is C16H21N3O4S. The van der Waals surface area contributed by atoms with Crippen molar-refractivity contribution in [2.24, 2.45) is 5.92 Å². The molecule has 0 saturated heterocycles. The summed E-state index contributed by atoms with van der Waals surface area (Å²) in [6.07, 6.45) is 0.715. The molecule has 0 radical (unpaired) electrons. The number of aryl methyl sites for hydroxylation is 2. The molecule has 2 N–H and O–H groups in total. The van der Waals surface area contributed by atoms with E-state index >= 15 is 0 Å². The SMILES string of the molecule is CC[C@H](C)[C@H](Nc1nc(C)nc2sc(C(=O)OC)c(C)c12)C(=O)O. The summed E-state index contributed by atoms with van der Waals surface area (Å²) in [6, 6.07) is -0.770. The number of hydrogen-bond donors (Lipinski definition) is 2. The molecule has 0 fully saturated rings. The normalized spacial score (nSPS) is 13.5. The van der Waals surface area contributed by atoms with Crippen LogP contribution in [-0.4, -0.2) is 40.2 Å². The van der Waals surface area contributed by atoms with Gasteiger partial charge in [-0.25, -0.2) is 19.6 Å². The predicted octanol–water partition coefficient (Wildman–Crippen LogP) is 3.01. The number of carbonyl (C=O) groups is 2. The number of esters is 1. The van der Waals surface area contributed by atoms with E-state index in [0.717, 1.165) is 0 Å². The number of fused-ring (bicyclic) bond motifs is 1. The van der Waals surface area contributed by atoms with Gasteiger partial charge >= 0.3 is 11.9 Å². The summed E-state index contributed by atoms with van der Waals surface area (Å²) in [4.78, 5) is 33.3. The van der Waals surface area contributed by atoms with Gasteiger partial charge in [-0.1, -0.05) is 20.3 Å². The highest BCUT2D eigenvalue weighted by Gasteiger charge is 2.27. The van der Waals surface area contributed by atoms with Gasteiger partial charge in [0, 0.05) is 0 Å². The lowest BCUT2D eigenvalue weighted by Crippen LogP contribution is -2.35. The Balaban J connectivity index is 2.59. The topological polar surface area (TPSA) is 101 Å². The van der Waals surface area contributed by atoms with Crippen molar-refractivity contribution in [3.8, 4) is 0 Å². The molecule has 24 heavy (non-hydrogen) atoms. The van der Waals surface area contributed by atoms with Crippen LogP contribution in [0.2, 0.25) is 0 Å². The Morgan fingerprint density at radius 1 is 1.33 bits per heavy atom. The molecule has 0 spiro atoms. The minimum atomic E-state index is -0.935. The first kappa shape index (κ1) is 18.1. The summed E-state index contributed by atoms with van der Waals surface area (Å²) in [5, 5.41) is 13.2. The monoisotopic (exact) mass is 351 g/mol. The van der Waals surface area contributed by atoms with Gasteiger partial charge in [-0.15, -0.1) is 11.3 Å². The molecule has 0 aliphatic carbocycles. The molecule has 130 valence electrons. The number of hydrogen-bond acceptors (Lipinski definition) is 7. The van der Waals surface area contributed by atoms with Crippen molar-refractivity contribution in [1.29, 1.82) is 0 Å². The first-order chi connectivity index (χ1) is 11.3. The molecule has 0 aromatic carbocycles. The van der Waals surface area contributed by atoms with Crippen LogP contribution >= 0.6 is 11.3 Å². The van der Waals surface area contributed by atoms with E-state index in [1.54, 1.807) is 13.8 Å². The number of rotatable bonds is 6. The number of nitrogens with one attached hydrogen (secondary N) is 1. The lowest BCUT2D eigenvalue weighted by molar-refractivity contribution is -0.139. The quantitative estimate of drug-likeness (QED) is 0.771. The third-order valence-corrected chi connectivity index (χ3v) is 5.21. The van der Waals surface area contributed by atoms with Crippen molar-refractivity contribution in [2.75, 3.05) is 12.4 Å². The van der Waals surface area contributed by atoms with Crippen LogP contribution in [0.4, 0.5) is 5.82 Å². The number of thiophene rings is 1. The third kappa shape index (κ3) is 3.33. The zero-order chi connectivity index (χ0) is 18.0. The Morgan fingerprint density at radius 3 is 2.54 bits per heavy atom. The van der Waals surface area contributed by atoms with Gasteiger partial charge in [0.1, 0.15) is 27.4 Å². The summed E-state index contributed by atoms with van der Waals surface area (Å²) < 4.78 is 4.80. The number of ether oxygens (including phenoxy) is 1. The van der Waals surface area contributed by atoms with E-state index in [9.17, 15) is 14.7 Å². The highest BCUT2D eigenvalue weighted by molar-refractivity contribution is 7.20. The maximum Gasteiger partial charge on any atom is 0.348 e. The highest BCUT2D eigenvalue weighted by atomic mass is 32.1. The van der Waals surface area contributed by atoms with Gasteiger partial charge < -0.3 is 15.2 Å². The lowest BCUT2D eigenvalue weighted by Gasteiger charge is -2.21. The average molecular weight is 351 g/mol. The van der Waals surface area contributed by atoms with Gasteiger partial charge in [0.25, 0.3) is 0 Å². The van der Waals surface area contributed by atoms with Gasteiger partial charge in [0.2, 0.25) is 0 Å². The Bertz CT molecular complexity index is 787. The van der Waals surface area contributed by atoms with Crippen LogP contribution in [0.3, 0.4) is 0 Å². The van der Waals surface area contributed by atoms with Crippen molar-refractivity contribution >= 4 is 39.3 Å². The Kier molecular flexibility index (Phi) is 5.38. The molecule has 2 heterocycles. The summed E-state index contributed by atoms with van der Waals surface area (Å²) in [5.74, 6) is -0.498. The number of anilines is 1. The van der Waals surface area contributed by atoms with Gasteiger partial charge in [-0.2, -0.15) is 0 Å². The largest absolute Gasteiger partial charge is 0.480 e. The number of carbonyl (C=O) groups excluding carboxylic acids is 1. The molecule has 8 heteroatoms. The molecule has 0 aliphatic heterocycles. The zero-order valence-corrected chi connectivity index (χ0v) is 15.2. The first-order valence-electron chi connectivity index (χ1n) is 7.65. The van der Waals surface area contributed by atoms with E-state index in [4.69, 9.17) is 4.74 Å². The summed E-state index contributed by atoms with van der Waals surface area (Å²) in [5.41, 5.74) is 0.692. The van der Waals surface area contributed by atoms with E-state index in [1.807, 2.05) is 13.8 Å². The third-order valence-electron chi connectivity index (χ3n) is 4.04. The van der Waals surface area contributed by atoms with Gasteiger partial charge in [0.15, 0.2) is 0 Å². The summed E-state index contributed by atoms with van der Waals surface area (Å²) >= 11 is 1.22. The highest BCUT2D eigenvalue weighted by Crippen LogP contribution is 2.35. The molecular weight excluding hydrogens is 330 g/mol. The van der Waals surface area contributed by atoms with Gasteiger partial charge in [-0.3, -0.25) is 0 Å². The molecule has 0 unspecified atom stereocenters. The molecule has 0 saturated carbocycles. The number of aliphatic carboxylic acids is 1. The second kappa shape index (κ2) is 7.12. The van der Waals surface area contributed by atoms with Crippen LogP contribution in [0.5, 0.6) is 0 Å². The van der Waals surface area contributed by atoms with Crippen molar-refractivity contribution in [3.05, 3.63) is 16.3 Å². The molecule has 2 aromatic rings. The minimum absolute atomic E-state index is 0.0770. The molecule has 2 atom stereocenters. The van der Waals surface area contributed by atoms with Crippen molar-refractivity contribution in [3.63, 3.8) is 0 Å². The Hall–Kier alpha value is -2.22. The van der Waals surface area contributed by atoms with Crippen LogP contribution in [0.1, 0.15) is 41.3 Å². The molecule has 0 bridgehead atoms. The fourth-order valence-corrected chi connectivity index (χ4v) is 3.61. The Labute approximate surface area is 144 Å². The van der Waals surface area contributed by atoms with Crippen LogP contribution < -0.4 is 5.32 Å². The number of carboxylic acids is 1. The average Bonchev–Trinajstić information content (AvgIpc) is 2.87. The van der Waals surface area contributed by atoms with Crippen LogP contribution in [0.15, 0.2) is 0 Å². The van der Waals surface area contributed by atoms with E-state index in [-0.39, 0.29) is 5.92 Å². The maximum atomic E-state index is 11.9. The minimum Gasteiger partial charge on any atom is -0.480 e. The molecule has 2 rings (SSSR count). The Morgan fingerprint density at radius 2 is 2.00 bits per heavy atom. The fraction of sp³-hybridized carbons (Fsp3) is 0.500. The summed E-state index contributed by atoms with van der Waals surface area (Å²) in [7, 11) is 1.33. The van der Waals surface area contributed by atoms with Gasteiger partial charge in [0.05, 0.1) is 12.5 Å². The molecule has 7 nitrogen and oxygen atoms in total. The lowest BCUT2D eigenvalue weighted by atomic mass is 9.99.